The van der Waals surface area contributed by atoms with Crippen molar-refractivity contribution in [2.45, 2.75) is 37.8 Å². The van der Waals surface area contributed by atoms with Gasteiger partial charge in [-0.3, -0.25) is 4.74 Å². The number of allylic oxidation sites excluding steroid dienone is 1. The Hall–Kier alpha value is -0.620. The third kappa shape index (κ3) is 2.01. The normalized spacial score (nSPS) is 38.5. The molecule has 0 bridgehead atoms. The summed E-state index contributed by atoms with van der Waals surface area (Å²) in [7, 11) is 0. The van der Waals surface area contributed by atoms with Gasteiger partial charge < -0.3 is 0 Å². The number of halogens is 4. The van der Waals surface area contributed by atoms with Crippen LogP contribution in [0.25, 0.3) is 0 Å². The van der Waals surface area contributed by atoms with Gasteiger partial charge in [0.2, 0.25) is 0 Å². The van der Waals surface area contributed by atoms with E-state index in [0.29, 0.717) is 12.0 Å². The molecule has 2 atom stereocenters. The molecule has 15 heavy (non-hydrogen) atoms. The molecule has 0 aromatic carbocycles. The fourth-order valence-corrected chi connectivity index (χ4v) is 2.00. The highest BCUT2D eigenvalue weighted by Gasteiger charge is 2.60. The molecule has 1 aliphatic carbocycles. The van der Waals surface area contributed by atoms with Crippen LogP contribution in [-0.2, 0) is 9.47 Å². The molecule has 0 radical (unpaired) electrons. The summed E-state index contributed by atoms with van der Waals surface area (Å²) in [5.74, 6) is -1.35. The summed E-state index contributed by atoms with van der Waals surface area (Å²) in [6.07, 6.45) is -8.66. The quantitative estimate of drug-likeness (QED) is 0.467. The number of hydrogen-bond acceptors (Lipinski definition) is 2. The average molecular weight is 226 g/mol. The van der Waals surface area contributed by atoms with Gasteiger partial charge in [0.05, 0.1) is 12.0 Å². The van der Waals surface area contributed by atoms with Crippen molar-refractivity contribution in [2.24, 2.45) is 5.92 Å². The Morgan fingerprint density at radius 2 is 1.93 bits per heavy atom. The number of rotatable bonds is 0. The first-order valence-electron chi connectivity index (χ1n) is 4.60. The number of hydrogen-bond donors (Lipinski definition) is 0. The molecule has 86 valence electrons. The maximum Gasteiger partial charge on any atom is 0.490 e. The fourth-order valence-electron chi connectivity index (χ4n) is 2.00. The van der Waals surface area contributed by atoms with Crippen molar-refractivity contribution in [3.8, 4) is 0 Å². The lowest BCUT2D eigenvalue weighted by Gasteiger charge is -2.43. The van der Waals surface area contributed by atoms with Gasteiger partial charge in [-0.05, 0) is 19.3 Å². The van der Waals surface area contributed by atoms with Gasteiger partial charge >= 0.3 is 12.4 Å². The van der Waals surface area contributed by atoms with Gasteiger partial charge in [-0.25, -0.2) is 4.74 Å². The molecule has 0 spiro atoms. The largest absolute Gasteiger partial charge is 0.490 e. The molecule has 1 saturated carbocycles. The van der Waals surface area contributed by atoms with E-state index in [0.717, 1.165) is 0 Å². The van der Waals surface area contributed by atoms with Crippen LogP contribution in [0.3, 0.4) is 0 Å². The Balaban J connectivity index is 2.22. The third-order valence-electron chi connectivity index (χ3n) is 2.71. The molecule has 0 amide bonds. The van der Waals surface area contributed by atoms with E-state index >= 15 is 0 Å². The van der Waals surface area contributed by atoms with Gasteiger partial charge in [0.25, 0.3) is 0 Å². The molecule has 0 aromatic heterocycles. The van der Waals surface area contributed by atoms with E-state index in [9.17, 15) is 17.6 Å². The first kappa shape index (κ1) is 10.9. The summed E-state index contributed by atoms with van der Waals surface area (Å²) in [5, 5.41) is 0. The highest BCUT2D eigenvalue weighted by Crippen LogP contribution is 2.48. The zero-order chi connectivity index (χ0) is 11.3. The lowest BCUT2D eigenvalue weighted by molar-refractivity contribution is -0.526. The Labute approximate surface area is 83.8 Å². The summed E-state index contributed by atoms with van der Waals surface area (Å²) in [6, 6.07) is 0. The third-order valence-corrected chi connectivity index (χ3v) is 2.71. The topological polar surface area (TPSA) is 18.5 Å². The minimum atomic E-state index is -4.19. The molecule has 2 unspecified atom stereocenters. The van der Waals surface area contributed by atoms with Crippen LogP contribution in [0.5, 0.6) is 0 Å². The Morgan fingerprint density at radius 1 is 1.27 bits per heavy atom. The molecule has 0 N–H and O–H groups in total. The Morgan fingerprint density at radius 3 is 2.60 bits per heavy atom. The molecule has 1 aliphatic heterocycles. The van der Waals surface area contributed by atoms with E-state index in [1.54, 1.807) is 0 Å². The predicted molar refractivity (Wildman–Crippen MR) is 42.3 cm³/mol. The van der Waals surface area contributed by atoms with Crippen LogP contribution in [0, 0.1) is 5.92 Å². The van der Waals surface area contributed by atoms with Crippen molar-refractivity contribution in [3.63, 3.8) is 0 Å². The smallest absolute Gasteiger partial charge is 0.292 e. The van der Waals surface area contributed by atoms with E-state index in [1.807, 2.05) is 0 Å². The standard InChI is InChI=1S/C9H10F4O2/c1-5-2-3-7-6(4-5)8(10,11)15-9(12,13)14-7/h6-7H,1-4H2. The highest BCUT2D eigenvalue weighted by atomic mass is 19.3. The van der Waals surface area contributed by atoms with Gasteiger partial charge in [0, 0.05) is 0 Å². The number of alkyl halides is 4. The lowest BCUT2D eigenvalue weighted by Crippen LogP contribution is -2.54. The average Bonchev–Trinajstić information content (AvgIpc) is 2.03. The molecule has 2 rings (SSSR count). The second-order valence-electron chi connectivity index (χ2n) is 3.88. The predicted octanol–water partition coefficient (Wildman–Crippen LogP) is 2.90. The SMILES string of the molecule is C=C1CCC2OC(F)(F)OC(F)(F)C2C1. The van der Waals surface area contributed by atoms with Gasteiger partial charge in [0.1, 0.15) is 0 Å². The van der Waals surface area contributed by atoms with E-state index in [-0.39, 0.29) is 12.8 Å². The zero-order valence-electron chi connectivity index (χ0n) is 7.81. The minimum Gasteiger partial charge on any atom is -0.292 e. The van der Waals surface area contributed by atoms with Crippen LogP contribution >= 0.6 is 0 Å². The zero-order valence-corrected chi connectivity index (χ0v) is 7.81. The first-order valence-corrected chi connectivity index (χ1v) is 4.60. The van der Waals surface area contributed by atoms with Crippen molar-refractivity contribution < 1.29 is 27.0 Å². The van der Waals surface area contributed by atoms with Crippen molar-refractivity contribution in [1.29, 1.82) is 0 Å². The first-order chi connectivity index (χ1) is 6.80. The molecule has 1 saturated heterocycles. The van der Waals surface area contributed by atoms with Crippen LogP contribution in [0.15, 0.2) is 12.2 Å². The lowest BCUT2D eigenvalue weighted by atomic mass is 9.82. The molecule has 2 fully saturated rings. The molecule has 0 aromatic rings. The van der Waals surface area contributed by atoms with Gasteiger partial charge in [-0.15, -0.1) is 8.78 Å². The summed E-state index contributed by atoms with van der Waals surface area (Å²) >= 11 is 0. The van der Waals surface area contributed by atoms with Crippen LogP contribution in [0.2, 0.25) is 0 Å². The van der Waals surface area contributed by atoms with Gasteiger partial charge in [-0.2, -0.15) is 8.78 Å². The summed E-state index contributed by atoms with van der Waals surface area (Å²) in [6.45, 7) is 3.58. The fraction of sp³-hybridized carbons (Fsp3) is 0.778. The van der Waals surface area contributed by atoms with Crippen LogP contribution in [0.4, 0.5) is 17.6 Å². The molecule has 2 nitrogen and oxygen atoms in total. The van der Waals surface area contributed by atoms with E-state index in [2.05, 4.69) is 16.1 Å². The van der Waals surface area contributed by atoms with Gasteiger partial charge in [0.15, 0.2) is 0 Å². The van der Waals surface area contributed by atoms with Crippen molar-refractivity contribution in [1.82, 2.24) is 0 Å². The Kier molecular flexibility index (Phi) is 2.31. The van der Waals surface area contributed by atoms with Crippen LogP contribution in [-0.4, -0.2) is 18.5 Å². The summed E-state index contributed by atoms with van der Waals surface area (Å²) in [4.78, 5) is 0. The van der Waals surface area contributed by atoms with E-state index in [4.69, 9.17) is 0 Å². The van der Waals surface area contributed by atoms with E-state index < -0.39 is 24.4 Å². The molecular weight excluding hydrogens is 216 g/mol. The number of ether oxygens (including phenoxy) is 2. The molecule has 6 heteroatoms. The Bertz CT molecular complexity index is 290. The molecule has 2 aliphatic rings. The maximum atomic E-state index is 13.2. The van der Waals surface area contributed by atoms with Gasteiger partial charge in [-0.1, -0.05) is 12.2 Å². The summed E-state index contributed by atoms with van der Waals surface area (Å²) in [5.41, 5.74) is 0.619. The van der Waals surface area contributed by atoms with Crippen molar-refractivity contribution >= 4 is 0 Å². The van der Waals surface area contributed by atoms with Crippen molar-refractivity contribution in [3.05, 3.63) is 12.2 Å². The summed E-state index contributed by atoms with van der Waals surface area (Å²) < 4.78 is 59.1. The van der Waals surface area contributed by atoms with Crippen molar-refractivity contribution in [2.75, 3.05) is 0 Å². The number of fused-ring (bicyclic) bond motifs is 1. The molecule has 1 heterocycles. The second kappa shape index (κ2) is 3.18. The highest BCUT2D eigenvalue weighted by molar-refractivity contribution is 5.05. The van der Waals surface area contributed by atoms with E-state index in [1.165, 1.54) is 0 Å². The second-order valence-corrected chi connectivity index (χ2v) is 3.88. The monoisotopic (exact) mass is 226 g/mol. The van der Waals surface area contributed by atoms with Crippen LogP contribution in [0.1, 0.15) is 19.3 Å². The minimum absolute atomic E-state index is 0.0340. The maximum absolute atomic E-state index is 13.2. The molecular formula is C9H10F4O2. The van der Waals surface area contributed by atoms with Crippen LogP contribution < -0.4 is 0 Å².